The largest absolute Gasteiger partial charge is 0.508 e. The first-order valence-corrected chi connectivity index (χ1v) is 17.2. The normalized spacial score (nSPS) is 11.8. The molecule has 1 aromatic heterocycles. The summed E-state index contributed by atoms with van der Waals surface area (Å²) in [6, 6.07) is 16.8. The highest BCUT2D eigenvalue weighted by Crippen LogP contribution is 2.42. The van der Waals surface area contributed by atoms with E-state index < -0.39 is 36.4 Å². The highest BCUT2D eigenvalue weighted by molar-refractivity contribution is 7.93. The molecule has 0 unspecified atom stereocenters. The number of phenolic OH excluding ortho intramolecular Hbond substituents is 1. The maximum absolute atomic E-state index is 12.8. The van der Waals surface area contributed by atoms with E-state index in [9.17, 15) is 41.4 Å². The topological polar surface area (TPSA) is 261 Å². The van der Waals surface area contributed by atoms with Gasteiger partial charge < -0.3 is 25.3 Å². The van der Waals surface area contributed by atoms with Gasteiger partial charge in [0.05, 0.1) is 10.5 Å². The minimum atomic E-state index is -4.21. The van der Waals surface area contributed by atoms with Gasteiger partial charge in [0, 0.05) is 40.0 Å². The number of carboxylic acids is 1. The van der Waals surface area contributed by atoms with E-state index in [1.54, 1.807) is 6.07 Å². The molecule has 0 saturated heterocycles. The molecule has 48 heavy (non-hydrogen) atoms. The molecule has 2 aliphatic rings. The lowest BCUT2D eigenvalue weighted by Crippen LogP contribution is -2.20. The van der Waals surface area contributed by atoms with E-state index in [4.69, 9.17) is 9.56 Å². The van der Waals surface area contributed by atoms with Crippen molar-refractivity contribution in [2.45, 2.75) is 9.24 Å². The molecule has 19 heteroatoms. The van der Waals surface area contributed by atoms with Gasteiger partial charge in [-0.05, 0) is 66.2 Å². The number of carbonyl (C=O) groups is 2. The number of urea groups is 1. The van der Waals surface area contributed by atoms with Gasteiger partial charge in [-0.2, -0.15) is 0 Å². The van der Waals surface area contributed by atoms with Crippen LogP contribution in [0, 0.1) is 0 Å². The number of anilines is 3. The Balaban J connectivity index is 1.23. The van der Waals surface area contributed by atoms with Gasteiger partial charge in [0.2, 0.25) is 9.47 Å². The van der Waals surface area contributed by atoms with Crippen LogP contribution in [0.1, 0.15) is 10.4 Å². The molecule has 1 aliphatic heterocycles. The van der Waals surface area contributed by atoms with Crippen LogP contribution in [-0.2, 0) is 20.0 Å². The summed E-state index contributed by atoms with van der Waals surface area (Å²) in [5.41, 5.74) is 1.13. The van der Waals surface area contributed by atoms with Crippen molar-refractivity contribution in [2.24, 2.45) is 5.14 Å². The van der Waals surface area contributed by atoms with Crippen molar-refractivity contribution < 1.29 is 41.1 Å². The van der Waals surface area contributed by atoms with E-state index in [-0.39, 0.29) is 55.1 Å². The van der Waals surface area contributed by atoms with Crippen molar-refractivity contribution in [2.75, 3.05) is 15.4 Å². The lowest BCUT2D eigenvalue weighted by atomic mass is 9.90. The number of aromatic carboxylic acids is 1. The SMILES string of the molecule is NS(=O)(=O)c1nnc(NS(=O)(=O)c2ccc(NC(=O)Nc3ccc(-c4c5ccc(=O)cc-5oc5cc(O)ccc45)c(C(=O)O)c3)cc2)s1. The summed E-state index contributed by atoms with van der Waals surface area (Å²) in [6.07, 6.45) is 0. The number of amides is 2. The van der Waals surface area contributed by atoms with Crippen LogP contribution in [0.15, 0.2) is 97.3 Å². The highest BCUT2D eigenvalue weighted by atomic mass is 32.2. The van der Waals surface area contributed by atoms with Crippen LogP contribution in [0.5, 0.6) is 5.75 Å². The molecule has 0 atom stereocenters. The molecule has 0 bridgehead atoms. The predicted molar refractivity (Wildman–Crippen MR) is 174 cm³/mol. The molecule has 16 nitrogen and oxygen atoms in total. The fourth-order valence-corrected chi connectivity index (χ4v) is 7.28. The number of aromatic nitrogens is 2. The Morgan fingerprint density at radius 1 is 0.833 bits per heavy atom. The number of hydrogen-bond donors (Lipinski definition) is 6. The van der Waals surface area contributed by atoms with Gasteiger partial charge in [0.15, 0.2) is 5.43 Å². The molecular formula is C29H20N6O10S3. The van der Waals surface area contributed by atoms with Gasteiger partial charge in [-0.1, -0.05) is 17.4 Å². The lowest BCUT2D eigenvalue weighted by Gasteiger charge is -2.17. The van der Waals surface area contributed by atoms with Crippen molar-refractivity contribution >= 4 is 70.9 Å². The van der Waals surface area contributed by atoms with Crippen LogP contribution < -0.4 is 25.9 Å². The third-order valence-electron chi connectivity index (χ3n) is 6.75. The smallest absolute Gasteiger partial charge is 0.336 e. The number of fused-ring (bicyclic) bond motifs is 2. The van der Waals surface area contributed by atoms with E-state index >= 15 is 0 Å². The molecule has 1 aliphatic carbocycles. The number of carbonyl (C=O) groups excluding carboxylic acids is 1. The van der Waals surface area contributed by atoms with Crippen LogP contribution in [0.4, 0.5) is 21.3 Å². The number of nitrogens with one attached hydrogen (secondary N) is 3. The van der Waals surface area contributed by atoms with Crippen LogP contribution in [0.25, 0.3) is 33.4 Å². The molecule has 7 N–H and O–H groups in total. The summed E-state index contributed by atoms with van der Waals surface area (Å²) in [5, 5.41) is 37.1. The third-order valence-corrected chi connectivity index (χ3v) is 10.4. The number of carboxylic acid groups (broad SMARTS) is 1. The Kier molecular flexibility index (Phi) is 8.04. The summed E-state index contributed by atoms with van der Waals surface area (Å²) >= 11 is 0.426. The number of hydrogen-bond acceptors (Lipinski definition) is 12. The molecule has 0 saturated carbocycles. The van der Waals surface area contributed by atoms with Crippen molar-refractivity contribution in [3.63, 3.8) is 0 Å². The second kappa shape index (κ2) is 12.0. The Hall–Kier alpha value is -5.89. The van der Waals surface area contributed by atoms with Gasteiger partial charge in [-0.3, -0.25) is 9.52 Å². The maximum atomic E-state index is 12.8. The zero-order valence-electron chi connectivity index (χ0n) is 23.9. The molecular weight excluding hydrogens is 689 g/mol. The number of aromatic hydroxyl groups is 1. The molecule has 0 radical (unpaired) electrons. The number of benzene rings is 4. The van der Waals surface area contributed by atoms with Gasteiger partial charge in [-0.25, -0.2) is 31.6 Å². The van der Waals surface area contributed by atoms with Crippen molar-refractivity contribution in [3.05, 3.63) is 94.6 Å². The second-order valence-electron chi connectivity index (χ2n) is 10.0. The second-order valence-corrected chi connectivity index (χ2v) is 14.4. The molecule has 6 rings (SSSR count). The van der Waals surface area contributed by atoms with E-state index in [1.165, 1.54) is 72.8 Å². The van der Waals surface area contributed by atoms with Gasteiger partial charge in [0.1, 0.15) is 17.1 Å². The predicted octanol–water partition coefficient (Wildman–Crippen LogP) is 3.91. The Morgan fingerprint density at radius 2 is 1.52 bits per heavy atom. The van der Waals surface area contributed by atoms with Crippen LogP contribution in [0.2, 0.25) is 0 Å². The molecule has 2 amide bonds. The number of primary sulfonamides is 1. The van der Waals surface area contributed by atoms with Crippen LogP contribution in [0.3, 0.4) is 0 Å². The van der Waals surface area contributed by atoms with Crippen molar-refractivity contribution in [1.82, 2.24) is 10.2 Å². The number of phenols is 1. The van der Waals surface area contributed by atoms with Gasteiger partial charge in [-0.15, -0.1) is 10.2 Å². The van der Waals surface area contributed by atoms with E-state index in [2.05, 4.69) is 25.6 Å². The molecule has 244 valence electrons. The fourth-order valence-electron chi connectivity index (χ4n) is 4.72. The monoisotopic (exact) mass is 708 g/mol. The first-order chi connectivity index (χ1) is 22.7. The number of nitrogens with zero attached hydrogens (tertiary/aromatic N) is 2. The summed E-state index contributed by atoms with van der Waals surface area (Å²) in [5.74, 6) is -1.23. The summed E-state index contributed by atoms with van der Waals surface area (Å²) in [7, 11) is -8.37. The number of nitrogens with two attached hydrogens (primary N) is 1. The standard InChI is InChI=1S/C29H20N6O10S3/c30-47(41,42)29-34-33-28(46-29)35-48(43,44)18-6-1-14(2-7-18)31-27(40)32-15-3-8-19(22(11-15)26(38)39)25-20-9-4-16(36)12-23(20)45-24-13-17(37)5-10-21(24)25/h1-13,36H,(H,33,35)(H,38,39)(H2,30,41,42)(H2,31,32,40). The fraction of sp³-hybridized carbons (Fsp3) is 0. The zero-order chi connectivity index (χ0) is 34.4. The van der Waals surface area contributed by atoms with E-state index in [0.717, 1.165) is 0 Å². The average Bonchev–Trinajstić information content (AvgIpc) is 3.49. The minimum absolute atomic E-state index is 0.0963. The van der Waals surface area contributed by atoms with Crippen LogP contribution in [-0.4, -0.2) is 49.2 Å². The highest BCUT2D eigenvalue weighted by Gasteiger charge is 2.23. The molecule has 4 aromatic rings. The molecule has 2 heterocycles. The first-order valence-electron chi connectivity index (χ1n) is 13.3. The van der Waals surface area contributed by atoms with Crippen LogP contribution >= 0.6 is 11.3 Å². The summed E-state index contributed by atoms with van der Waals surface area (Å²) in [6.45, 7) is 0. The van der Waals surface area contributed by atoms with E-state index in [0.29, 0.717) is 27.8 Å². The summed E-state index contributed by atoms with van der Waals surface area (Å²) < 4.78 is 55.5. The van der Waals surface area contributed by atoms with Gasteiger partial charge in [0.25, 0.3) is 20.0 Å². The zero-order valence-corrected chi connectivity index (χ0v) is 26.3. The third kappa shape index (κ3) is 6.51. The quantitative estimate of drug-likeness (QED) is 0.123. The Labute approximate surface area is 273 Å². The minimum Gasteiger partial charge on any atom is -0.508 e. The first kappa shape index (κ1) is 32.1. The van der Waals surface area contributed by atoms with Crippen molar-refractivity contribution in [1.29, 1.82) is 0 Å². The maximum Gasteiger partial charge on any atom is 0.336 e. The van der Waals surface area contributed by atoms with E-state index in [1.807, 2.05) is 0 Å². The van der Waals surface area contributed by atoms with Crippen molar-refractivity contribution in [3.8, 4) is 28.2 Å². The molecule has 0 fully saturated rings. The summed E-state index contributed by atoms with van der Waals surface area (Å²) in [4.78, 5) is 37.0. The number of sulfonamides is 2. The molecule has 3 aromatic carbocycles. The van der Waals surface area contributed by atoms with Gasteiger partial charge >= 0.3 is 12.0 Å². The average molecular weight is 709 g/mol. The molecule has 0 spiro atoms. The number of rotatable bonds is 8. The lowest BCUT2D eigenvalue weighted by molar-refractivity contribution is 0.0697. The Bertz CT molecular complexity index is 2510. The Morgan fingerprint density at radius 3 is 2.21 bits per heavy atom.